The second-order valence-corrected chi connectivity index (χ2v) is 5.77. The summed E-state index contributed by atoms with van der Waals surface area (Å²) in [6.07, 6.45) is 0. The van der Waals surface area contributed by atoms with E-state index in [1.54, 1.807) is 0 Å². The molecule has 2 aromatic carbocycles. The summed E-state index contributed by atoms with van der Waals surface area (Å²) in [4.78, 5) is 0. The number of rotatable bonds is 1. The molecule has 10 heteroatoms. The molecule has 2 aliphatic rings. The molecule has 0 spiro atoms. The van der Waals surface area contributed by atoms with Gasteiger partial charge in [-0.05, 0) is 22.7 Å². The van der Waals surface area contributed by atoms with Gasteiger partial charge in [0.1, 0.15) is 0 Å². The van der Waals surface area contributed by atoms with Crippen LogP contribution in [0.5, 0.6) is 23.0 Å². The van der Waals surface area contributed by atoms with Crippen molar-refractivity contribution in [2.24, 2.45) is 0 Å². The van der Waals surface area contributed by atoms with E-state index in [1.165, 1.54) is 0 Å². The first-order valence-corrected chi connectivity index (χ1v) is 7.27. The standard InChI is InChI=1S/C14H12O4P2.4Ar/c19-9-3-1-7-13(17-5-15-7)11(9)12-10(20)4-2-8-14(12)18-6-16-8;;;;/h1-4H,5-6,19-20H2;;;;. The van der Waals surface area contributed by atoms with Gasteiger partial charge in [0, 0.05) is 162 Å². The van der Waals surface area contributed by atoms with Crippen LogP contribution < -0.4 is 29.6 Å². The van der Waals surface area contributed by atoms with Gasteiger partial charge in [-0.3, -0.25) is 0 Å². The van der Waals surface area contributed by atoms with Gasteiger partial charge < -0.3 is 18.9 Å². The van der Waals surface area contributed by atoms with Crippen LogP contribution in [0.3, 0.4) is 0 Å². The zero-order valence-electron chi connectivity index (χ0n) is 11.9. The molecular formula is C14H12Ar4O4P2. The molecule has 4 nitrogen and oxygen atoms in total. The van der Waals surface area contributed by atoms with Crippen molar-refractivity contribution in [2.45, 2.75) is 0 Å². The topological polar surface area (TPSA) is 36.9 Å². The van der Waals surface area contributed by atoms with Gasteiger partial charge in [-0.2, -0.15) is 0 Å². The van der Waals surface area contributed by atoms with Crippen molar-refractivity contribution in [1.82, 2.24) is 0 Å². The molecule has 2 aromatic rings. The second kappa shape index (κ2) is 12.3. The predicted octanol–water partition coefficient (Wildman–Crippen LogP) is 1.81. The fourth-order valence-corrected chi connectivity index (χ4v) is 3.23. The van der Waals surface area contributed by atoms with Crippen LogP contribution in [0.25, 0.3) is 11.1 Å². The van der Waals surface area contributed by atoms with E-state index in [4.69, 9.17) is 18.9 Å². The smallest absolute Gasteiger partial charge is 0.231 e. The normalized spacial score (nSPS) is 12.2. The van der Waals surface area contributed by atoms with Crippen molar-refractivity contribution < 1.29 is 170 Å². The van der Waals surface area contributed by atoms with Gasteiger partial charge in [-0.1, -0.05) is 12.1 Å². The summed E-state index contributed by atoms with van der Waals surface area (Å²) >= 11 is 0. The van der Waals surface area contributed by atoms with Crippen molar-refractivity contribution in [1.29, 1.82) is 0 Å². The quantitative estimate of drug-likeness (QED) is 0.602. The molecule has 4 rings (SSSR count). The number of hydrogen-bond acceptors (Lipinski definition) is 4. The van der Waals surface area contributed by atoms with E-state index < -0.39 is 0 Å². The predicted molar refractivity (Wildman–Crippen MR) is 82.8 cm³/mol. The maximum Gasteiger partial charge on any atom is 0.231 e. The summed E-state index contributed by atoms with van der Waals surface area (Å²) in [5, 5.41) is 2.06. The van der Waals surface area contributed by atoms with E-state index in [1.807, 2.05) is 24.3 Å². The van der Waals surface area contributed by atoms with E-state index in [0.29, 0.717) is 0 Å². The minimum atomic E-state index is 0. The average molecular weight is 466 g/mol. The molecule has 0 N–H and O–H groups in total. The molecule has 0 saturated heterocycles. The maximum atomic E-state index is 5.64. The van der Waals surface area contributed by atoms with Crippen molar-refractivity contribution in [3.8, 4) is 34.1 Å². The monoisotopic (exact) mass is 466 g/mol. The molecule has 0 amide bonds. The van der Waals surface area contributed by atoms with Gasteiger partial charge in [0.25, 0.3) is 0 Å². The van der Waals surface area contributed by atoms with Crippen LogP contribution in [0, 0.1) is 151 Å². The average Bonchev–Trinajstić information content (AvgIpc) is 3.08. The van der Waals surface area contributed by atoms with Crippen LogP contribution in [0.2, 0.25) is 0 Å². The van der Waals surface area contributed by atoms with E-state index in [2.05, 4.69) is 18.5 Å². The van der Waals surface area contributed by atoms with Gasteiger partial charge in [0.15, 0.2) is 23.0 Å². The Morgan fingerprint density at radius 2 is 0.958 bits per heavy atom. The van der Waals surface area contributed by atoms with E-state index in [-0.39, 0.29) is 165 Å². The first-order chi connectivity index (χ1) is 9.75. The van der Waals surface area contributed by atoms with Crippen LogP contribution >= 0.6 is 18.5 Å². The van der Waals surface area contributed by atoms with Gasteiger partial charge in [0.05, 0.1) is 0 Å². The molecule has 0 fully saturated rings. The Morgan fingerprint density at radius 3 is 1.33 bits per heavy atom. The van der Waals surface area contributed by atoms with Crippen LogP contribution in [0.1, 0.15) is 0 Å². The largest absolute Gasteiger partial charge is 0.454 e. The SMILES string of the molecule is Pc1ccc2c(c1-c1c(P)ccc3c1OCO3)OCO2.[Ar].[Ar].[Ar].[Ar]. The van der Waals surface area contributed by atoms with Gasteiger partial charge >= 0.3 is 0 Å². The molecule has 0 radical (unpaired) electrons. The molecule has 2 atom stereocenters. The maximum absolute atomic E-state index is 5.64. The third kappa shape index (κ3) is 5.37. The number of hydrogen-bond donors (Lipinski definition) is 0. The van der Waals surface area contributed by atoms with Crippen molar-refractivity contribution in [2.75, 3.05) is 13.6 Å². The number of fused-ring (bicyclic) bond motifs is 2. The van der Waals surface area contributed by atoms with Crippen LogP contribution in [-0.4, -0.2) is 13.6 Å². The summed E-state index contributed by atoms with van der Waals surface area (Å²) in [6.45, 7) is 0.490. The molecule has 2 aliphatic heterocycles. The molecule has 2 unspecified atom stereocenters. The Labute approximate surface area is 265 Å². The molecular weight excluding hydrogens is 454 g/mol. The Morgan fingerprint density at radius 1 is 0.583 bits per heavy atom. The van der Waals surface area contributed by atoms with Crippen LogP contribution in [0.4, 0.5) is 0 Å². The van der Waals surface area contributed by atoms with Crippen LogP contribution in [0.15, 0.2) is 24.3 Å². The fourth-order valence-electron chi connectivity index (χ4n) is 2.49. The van der Waals surface area contributed by atoms with Crippen molar-refractivity contribution in [3.63, 3.8) is 0 Å². The third-order valence-electron chi connectivity index (χ3n) is 3.39. The number of benzene rings is 2. The summed E-state index contributed by atoms with van der Waals surface area (Å²) in [5.41, 5.74) is 1.94. The molecule has 0 aliphatic carbocycles. The summed E-state index contributed by atoms with van der Waals surface area (Å²) in [7, 11) is 5.47. The Hall–Kier alpha value is 3.54. The first kappa shape index (κ1) is 27.5. The zero-order valence-corrected chi connectivity index (χ0v) is 17.1. The van der Waals surface area contributed by atoms with Crippen molar-refractivity contribution in [3.05, 3.63) is 24.3 Å². The molecule has 2 heterocycles. The third-order valence-corrected chi connectivity index (χ3v) is 4.36. The fraction of sp³-hybridized carbons (Fsp3) is 0.143. The van der Waals surface area contributed by atoms with Crippen LogP contribution in [-0.2, 0) is 0 Å². The Balaban J connectivity index is 0.00000132. The molecule has 0 bridgehead atoms. The molecule has 0 saturated carbocycles. The summed E-state index contributed by atoms with van der Waals surface area (Å²) in [6, 6.07) is 7.81. The zero-order chi connectivity index (χ0) is 13.7. The summed E-state index contributed by atoms with van der Waals surface area (Å²) in [5.74, 6) is 3.02. The minimum Gasteiger partial charge on any atom is -0.454 e. The van der Waals surface area contributed by atoms with Gasteiger partial charge in [-0.25, -0.2) is 0 Å². The molecule has 0 aromatic heterocycles. The molecule has 24 heavy (non-hydrogen) atoms. The first-order valence-electron chi connectivity index (χ1n) is 6.12. The van der Waals surface area contributed by atoms with E-state index in [9.17, 15) is 0 Å². The van der Waals surface area contributed by atoms with E-state index >= 15 is 0 Å². The Bertz CT molecular complexity index is 669. The van der Waals surface area contributed by atoms with E-state index in [0.717, 1.165) is 44.7 Å². The van der Waals surface area contributed by atoms with Gasteiger partial charge in [0.2, 0.25) is 13.6 Å². The second-order valence-electron chi connectivity index (χ2n) is 4.53. The molecule has 134 valence electrons. The minimum absolute atomic E-state index is 0. The Kier molecular flexibility index (Phi) is 14.1. The number of ether oxygens (including phenoxy) is 4. The van der Waals surface area contributed by atoms with Gasteiger partial charge in [-0.15, -0.1) is 18.5 Å². The van der Waals surface area contributed by atoms with Crippen molar-refractivity contribution >= 4 is 29.1 Å². The summed E-state index contributed by atoms with van der Waals surface area (Å²) < 4.78 is 22.2.